The van der Waals surface area contributed by atoms with Crippen LogP contribution in [-0.2, 0) is 6.42 Å². The molecule has 0 aliphatic heterocycles. The fraction of sp³-hybridized carbons (Fsp3) is 0.0714. The summed E-state index contributed by atoms with van der Waals surface area (Å²) in [7, 11) is 0. The number of non-ortho nitro benzene ring substituents is 1. The molecule has 5 nitrogen and oxygen atoms in total. The Bertz CT molecular complexity index is 735. The summed E-state index contributed by atoms with van der Waals surface area (Å²) in [6.07, 6.45) is 0.655. The molecule has 0 saturated carbocycles. The van der Waals surface area contributed by atoms with Gasteiger partial charge in [0.05, 0.1) is 16.1 Å². The third kappa shape index (κ3) is 2.18. The standard InChI is InChI=1S/C14H11N3O2/c18-17(19)11-6-7-13-12(9-11)14(16-15-13)8-10-4-2-1-3-5-10/h1-7,9H,8H2,(H,15,16). The largest absolute Gasteiger partial charge is 0.278 e. The SMILES string of the molecule is O=[N+]([O-])c1ccc2[nH]nc(Cc3ccccc3)c2c1. The van der Waals surface area contributed by atoms with Crippen LogP contribution in [0.2, 0.25) is 0 Å². The zero-order chi connectivity index (χ0) is 13.2. The van der Waals surface area contributed by atoms with Crippen LogP contribution in [0.25, 0.3) is 10.9 Å². The molecule has 0 radical (unpaired) electrons. The average molecular weight is 253 g/mol. The number of aromatic nitrogens is 2. The first kappa shape index (κ1) is 11.4. The van der Waals surface area contributed by atoms with Crippen molar-refractivity contribution >= 4 is 16.6 Å². The van der Waals surface area contributed by atoms with Crippen molar-refractivity contribution in [2.45, 2.75) is 6.42 Å². The first-order valence-electron chi connectivity index (χ1n) is 5.89. The van der Waals surface area contributed by atoms with E-state index in [1.807, 2.05) is 30.3 Å². The summed E-state index contributed by atoms with van der Waals surface area (Å²) in [5, 5.41) is 18.8. The van der Waals surface area contributed by atoms with Crippen LogP contribution in [0.3, 0.4) is 0 Å². The number of benzene rings is 2. The topological polar surface area (TPSA) is 71.8 Å². The predicted molar refractivity (Wildman–Crippen MR) is 72.0 cm³/mol. The molecule has 0 amide bonds. The minimum absolute atomic E-state index is 0.0863. The van der Waals surface area contributed by atoms with Gasteiger partial charge in [0, 0.05) is 23.9 Å². The predicted octanol–water partition coefficient (Wildman–Crippen LogP) is 3.06. The van der Waals surface area contributed by atoms with Gasteiger partial charge in [0.25, 0.3) is 5.69 Å². The number of rotatable bonds is 3. The zero-order valence-electron chi connectivity index (χ0n) is 10.0. The number of H-pyrrole nitrogens is 1. The summed E-state index contributed by atoms with van der Waals surface area (Å²) in [4.78, 5) is 10.4. The molecule has 2 aromatic carbocycles. The summed E-state index contributed by atoms with van der Waals surface area (Å²) in [6, 6.07) is 14.6. The number of hydrogen-bond donors (Lipinski definition) is 1. The number of fused-ring (bicyclic) bond motifs is 1. The van der Waals surface area contributed by atoms with Crippen molar-refractivity contribution < 1.29 is 4.92 Å². The fourth-order valence-corrected chi connectivity index (χ4v) is 2.09. The second-order valence-electron chi connectivity index (χ2n) is 4.32. The van der Waals surface area contributed by atoms with E-state index in [2.05, 4.69) is 10.2 Å². The van der Waals surface area contributed by atoms with Crippen molar-refractivity contribution in [2.24, 2.45) is 0 Å². The maximum atomic E-state index is 10.8. The molecule has 5 heteroatoms. The molecular formula is C14H11N3O2. The maximum Gasteiger partial charge on any atom is 0.270 e. The molecule has 0 saturated heterocycles. The molecule has 1 heterocycles. The third-order valence-electron chi connectivity index (χ3n) is 3.05. The summed E-state index contributed by atoms with van der Waals surface area (Å²) < 4.78 is 0. The van der Waals surface area contributed by atoms with Gasteiger partial charge in [-0.05, 0) is 11.6 Å². The normalized spacial score (nSPS) is 10.7. The van der Waals surface area contributed by atoms with E-state index in [4.69, 9.17) is 0 Å². The van der Waals surface area contributed by atoms with Crippen LogP contribution in [0.1, 0.15) is 11.3 Å². The second-order valence-corrected chi connectivity index (χ2v) is 4.32. The Morgan fingerprint density at radius 3 is 2.68 bits per heavy atom. The number of nitrogens with one attached hydrogen (secondary N) is 1. The van der Waals surface area contributed by atoms with Gasteiger partial charge >= 0.3 is 0 Å². The van der Waals surface area contributed by atoms with Gasteiger partial charge in [-0.25, -0.2) is 0 Å². The smallest absolute Gasteiger partial charge is 0.270 e. The van der Waals surface area contributed by atoms with Gasteiger partial charge in [0.1, 0.15) is 0 Å². The van der Waals surface area contributed by atoms with E-state index in [9.17, 15) is 10.1 Å². The molecule has 0 bridgehead atoms. The third-order valence-corrected chi connectivity index (χ3v) is 3.05. The quantitative estimate of drug-likeness (QED) is 0.576. The highest BCUT2D eigenvalue weighted by atomic mass is 16.6. The fourth-order valence-electron chi connectivity index (χ4n) is 2.09. The summed E-state index contributed by atoms with van der Waals surface area (Å²) >= 11 is 0. The Labute approximate surface area is 109 Å². The summed E-state index contributed by atoms with van der Waals surface area (Å²) in [5.74, 6) is 0. The number of nitrogens with zero attached hydrogens (tertiary/aromatic N) is 2. The number of hydrogen-bond acceptors (Lipinski definition) is 3. The molecule has 0 atom stereocenters. The molecule has 0 aliphatic rings. The Morgan fingerprint density at radius 1 is 1.16 bits per heavy atom. The zero-order valence-corrected chi connectivity index (χ0v) is 10.0. The Morgan fingerprint density at radius 2 is 1.95 bits per heavy atom. The van der Waals surface area contributed by atoms with Crippen LogP contribution < -0.4 is 0 Å². The van der Waals surface area contributed by atoms with Gasteiger partial charge in [-0.1, -0.05) is 30.3 Å². The van der Waals surface area contributed by atoms with Crippen molar-refractivity contribution in [1.29, 1.82) is 0 Å². The molecule has 0 fully saturated rings. The van der Waals surface area contributed by atoms with Gasteiger partial charge < -0.3 is 0 Å². The number of aromatic amines is 1. The van der Waals surface area contributed by atoms with E-state index in [1.54, 1.807) is 12.1 Å². The van der Waals surface area contributed by atoms with E-state index >= 15 is 0 Å². The highest BCUT2D eigenvalue weighted by Crippen LogP contribution is 2.23. The average Bonchev–Trinajstić information content (AvgIpc) is 2.82. The molecule has 0 spiro atoms. The molecule has 1 N–H and O–H groups in total. The van der Waals surface area contributed by atoms with Crippen LogP contribution >= 0.6 is 0 Å². The van der Waals surface area contributed by atoms with E-state index < -0.39 is 4.92 Å². The highest BCUT2D eigenvalue weighted by molar-refractivity contribution is 5.83. The molecular weight excluding hydrogens is 242 g/mol. The van der Waals surface area contributed by atoms with Crippen molar-refractivity contribution in [2.75, 3.05) is 0 Å². The lowest BCUT2D eigenvalue weighted by molar-refractivity contribution is -0.384. The maximum absolute atomic E-state index is 10.8. The molecule has 94 valence electrons. The molecule has 3 rings (SSSR count). The van der Waals surface area contributed by atoms with Gasteiger partial charge in [-0.15, -0.1) is 0 Å². The first-order valence-corrected chi connectivity index (χ1v) is 5.89. The first-order chi connectivity index (χ1) is 9.24. The van der Waals surface area contributed by atoms with E-state index in [1.165, 1.54) is 6.07 Å². The van der Waals surface area contributed by atoms with Crippen molar-refractivity contribution in [3.63, 3.8) is 0 Å². The van der Waals surface area contributed by atoms with Gasteiger partial charge in [0.2, 0.25) is 0 Å². The number of nitro benzene ring substituents is 1. The van der Waals surface area contributed by atoms with Gasteiger partial charge in [-0.3, -0.25) is 15.2 Å². The molecule has 0 aliphatic carbocycles. The highest BCUT2D eigenvalue weighted by Gasteiger charge is 2.11. The molecule has 3 aromatic rings. The van der Waals surface area contributed by atoms with Gasteiger partial charge in [0.15, 0.2) is 0 Å². The number of nitro groups is 1. The van der Waals surface area contributed by atoms with Crippen molar-refractivity contribution in [1.82, 2.24) is 10.2 Å². The molecule has 0 unspecified atom stereocenters. The Balaban J connectivity index is 2.04. The van der Waals surface area contributed by atoms with E-state index in [0.717, 1.165) is 22.2 Å². The second kappa shape index (κ2) is 4.53. The van der Waals surface area contributed by atoms with Gasteiger partial charge in [-0.2, -0.15) is 5.10 Å². The van der Waals surface area contributed by atoms with E-state index in [-0.39, 0.29) is 5.69 Å². The molecule has 1 aromatic heterocycles. The lowest BCUT2D eigenvalue weighted by atomic mass is 10.1. The summed E-state index contributed by atoms with van der Waals surface area (Å²) in [5.41, 5.74) is 2.85. The van der Waals surface area contributed by atoms with Crippen LogP contribution in [0, 0.1) is 10.1 Å². The Kier molecular flexibility index (Phi) is 2.72. The van der Waals surface area contributed by atoms with Crippen LogP contribution in [0.4, 0.5) is 5.69 Å². The monoisotopic (exact) mass is 253 g/mol. The van der Waals surface area contributed by atoms with Crippen LogP contribution in [0.5, 0.6) is 0 Å². The van der Waals surface area contributed by atoms with Crippen LogP contribution in [0.15, 0.2) is 48.5 Å². The minimum atomic E-state index is -0.390. The lowest BCUT2D eigenvalue weighted by Crippen LogP contribution is -1.90. The van der Waals surface area contributed by atoms with Crippen LogP contribution in [-0.4, -0.2) is 15.1 Å². The van der Waals surface area contributed by atoms with Crippen molar-refractivity contribution in [3.05, 3.63) is 69.9 Å². The Hall–Kier alpha value is -2.69. The lowest BCUT2D eigenvalue weighted by Gasteiger charge is -1.98. The molecule has 19 heavy (non-hydrogen) atoms. The van der Waals surface area contributed by atoms with E-state index in [0.29, 0.717) is 6.42 Å². The minimum Gasteiger partial charge on any atom is -0.278 e. The summed E-state index contributed by atoms with van der Waals surface area (Å²) in [6.45, 7) is 0. The van der Waals surface area contributed by atoms with Crippen molar-refractivity contribution in [3.8, 4) is 0 Å².